The Morgan fingerprint density at radius 2 is 1.69 bits per heavy atom. The van der Waals surface area contributed by atoms with Gasteiger partial charge in [-0.25, -0.2) is 8.42 Å². The second-order valence-electron chi connectivity index (χ2n) is 7.57. The van der Waals surface area contributed by atoms with Crippen molar-refractivity contribution in [2.24, 2.45) is 0 Å². The van der Waals surface area contributed by atoms with Crippen molar-refractivity contribution in [3.8, 4) is 0 Å². The zero-order valence-corrected chi connectivity index (χ0v) is 18.1. The number of aryl methyl sites for hydroxylation is 2. The number of carbonyl (C=O) groups is 1. The molecule has 1 aromatic carbocycles. The maximum absolute atomic E-state index is 12.9. The van der Waals surface area contributed by atoms with Crippen molar-refractivity contribution in [1.82, 2.24) is 9.21 Å². The molecule has 1 aromatic heterocycles. The number of hydrogen-bond acceptors (Lipinski definition) is 4. The number of fused-ring (bicyclic) bond motifs is 1. The highest BCUT2D eigenvalue weighted by molar-refractivity contribution is 7.92. The van der Waals surface area contributed by atoms with Gasteiger partial charge in [-0.05, 0) is 49.0 Å². The van der Waals surface area contributed by atoms with Crippen LogP contribution in [0, 0.1) is 0 Å². The van der Waals surface area contributed by atoms with Gasteiger partial charge < -0.3 is 4.90 Å². The Bertz CT molecular complexity index is 965. The third kappa shape index (κ3) is 4.79. The van der Waals surface area contributed by atoms with Gasteiger partial charge in [-0.15, -0.1) is 11.3 Å². The van der Waals surface area contributed by atoms with Crippen molar-refractivity contribution in [3.05, 3.63) is 62.7 Å². The van der Waals surface area contributed by atoms with E-state index in [1.54, 1.807) is 22.3 Å². The highest BCUT2D eigenvalue weighted by atomic mass is 32.2. The van der Waals surface area contributed by atoms with Gasteiger partial charge in [-0.3, -0.25) is 4.79 Å². The molecule has 0 radical (unpaired) electrons. The number of thiophene rings is 1. The number of rotatable bonds is 4. The minimum absolute atomic E-state index is 0.0416. The Morgan fingerprint density at radius 1 is 0.966 bits per heavy atom. The van der Waals surface area contributed by atoms with Crippen LogP contribution in [0.1, 0.15) is 44.9 Å². The van der Waals surface area contributed by atoms with Gasteiger partial charge in [0.05, 0.1) is 4.88 Å². The van der Waals surface area contributed by atoms with Gasteiger partial charge in [-0.2, -0.15) is 4.31 Å². The molecule has 0 saturated carbocycles. The van der Waals surface area contributed by atoms with Gasteiger partial charge in [0.2, 0.25) is 10.0 Å². The highest BCUT2D eigenvalue weighted by Crippen LogP contribution is 2.30. The van der Waals surface area contributed by atoms with E-state index in [9.17, 15) is 13.2 Å². The molecule has 0 bridgehead atoms. The van der Waals surface area contributed by atoms with Crippen molar-refractivity contribution in [2.75, 3.05) is 26.2 Å². The highest BCUT2D eigenvalue weighted by Gasteiger charge is 2.29. The minimum Gasteiger partial charge on any atom is -0.335 e. The Labute approximate surface area is 176 Å². The fourth-order valence-corrected chi connectivity index (χ4v) is 6.28. The Hall–Kier alpha value is -1.96. The van der Waals surface area contributed by atoms with E-state index in [-0.39, 0.29) is 5.91 Å². The topological polar surface area (TPSA) is 57.7 Å². The lowest BCUT2D eigenvalue weighted by Crippen LogP contribution is -2.49. The number of benzene rings is 1. The molecule has 1 aliphatic carbocycles. The number of nitrogens with zero attached hydrogens (tertiary/aromatic N) is 2. The van der Waals surface area contributed by atoms with Crippen LogP contribution in [0.25, 0.3) is 6.08 Å². The monoisotopic (exact) mass is 430 g/mol. The molecule has 2 aliphatic rings. The molecule has 2 heterocycles. The minimum atomic E-state index is -3.48. The molecule has 1 amide bonds. The van der Waals surface area contributed by atoms with Crippen LogP contribution in [0.4, 0.5) is 0 Å². The zero-order chi connectivity index (χ0) is 20.3. The summed E-state index contributed by atoms with van der Waals surface area (Å²) in [5.41, 5.74) is 2.19. The van der Waals surface area contributed by atoms with E-state index >= 15 is 0 Å². The molecule has 29 heavy (non-hydrogen) atoms. The van der Waals surface area contributed by atoms with Crippen LogP contribution in [0.15, 0.2) is 41.8 Å². The summed E-state index contributed by atoms with van der Waals surface area (Å²) in [6.45, 7) is 1.52. The summed E-state index contributed by atoms with van der Waals surface area (Å²) in [4.78, 5) is 16.9. The lowest BCUT2D eigenvalue weighted by molar-refractivity contribution is 0.0703. The number of sulfonamides is 1. The number of piperazine rings is 1. The Kier molecular flexibility index (Phi) is 6.18. The summed E-state index contributed by atoms with van der Waals surface area (Å²) < 4.78 is 26.7. The van der Waals surface area contributed by atoms with E-state index in [4.69, 9.17) is 0 Å². The van der Waals surface area contributed by atoms with Crippen molar-refractivity contribution < 1.29 is 13.2 Å². The summed E-state index contributed by atoms with van der Waals surface area (Å²) in [7, 11) is -3.48. The second kappa shape index (κ2) is 8.81. The number of hydrogen-bond donors (Lipinski definition) is 0. The van der Waals surface area contributed by atoms with Gasteiger partial charge >= 0.3 is 0 Å². The standard InChI is InChI=1S/C22H26N2O3S2/c25-22(21-17-19-9-5-2-6-10-20(19)28-21)23-12-14-24(15-13-23)29(26,27)16-11-18-7-3-1-4-8-18/h1,3-4,7-8,11,16-17H,2,5-6,9-10,12-15H2/b16-11+. The van der Waals surface area contributed by atoms with Crippen LogP contribution < -0.4 is 0 Å². The van der Waals surface area contributed by atoms with Crippen LogP contribution >= 0.6 is 11.3 Å². The van der Waals surface area contributed by atoms with E-state index in [1.165, 1.54) is 39.4 Å². The van der Waals surface area contributed by atoms with Crippen molar-refractivity contribution >= 4 is 33.3 Å². The third-order valence-electron chi connectivity index (χ3n) is 5.58. The van der Waals surface area contributed by atoms with Crippen molar-refractivity contribution in [3.63, 3.8) is 0 Å². The lowest BCUT2D eigenvalue weighted by atomic mass is 10.1. The first-order chi connectivity index (χ1) is 14.0. The molecule has 0 atom stereocenters. The van der Waals surface area contributed by atoms with E-state index in [1.807, 2.05) is 30.3 Å². The number of carbonyl (C=O) groups excluding carboxylic acids is 1. The first-order valence-corrected chi connectivity index (χ1v) is 12.5. The molecule has 0 unspecified atom stereocenters. The molecule has 2 aromatic rings. The molecule has 5 nitrogen and oxygen atoms in total. The van der Waals surface area contributed by atoms with E-state index in [0.717, 1.165) is 23.3 Å². The maximum atomic E-state index is 12.9. The van der Waals surface area contributed by atoms with Crippen molar-refractivity contribution in [2.45, 2.75) is 32.1 Å². The predicted molar refractivity (Wildman–Crippen MR) is 117 cm³/mol. The van der Waals surface area contributed by atoms with Gasteiger partial charge in [0.1, 0.15) is 0 Å². The average Bonchev–Trinajstić information content (AvgIpc) is 3.03. The van der Waals surface area contributed by atoms with E-state index in [2.05, 4.69) is 6.07 Å². The smallest absolute Gasteiger partial charge is 0.264 e. The number of amides is 1. The Balaban J connectivity index is 1.37. The molecule has 1 aliphatic heterocycles. The van der Waals surface area contributed by atoms with Crippen LogP contribution in [0.2, 0.25) is 0 Å². The van der Waals surface area contributed by atoms with Crippen LogP contribution in [-0.2, 0) is 22.9 Å². The summed E-state index contributed by atoms with van der Waals surface area (Å²) in [6, 6.07) is 11.4. The zero-order valence-electron chi connectivity index (χ0n) is 16.4. The van der Waals surface area contributed by atoms with Gasteiger partial charge in [0.25, 0.3) is 5.91 Å². The van der Waals surface area contributed by atoms with Crippen LogP contribution in [0.5, 0.6) is 0 Å². The Morgan fingerprint density at radius 3 is 2.45 bits per heavy atom. The van der Waals surface area contributed by atoms with Crippen molar-refractivity contribution in [1.29, 1.82) is 0 Å². The first kappa shape index (κ1) is 20.3. The molecule has 1 fully saturated rings. The lowest BCUT2D eigenvalue weighted by Gasteiger charge is -2.33. The second-order valence-corrected chi connectivity index (χ2v) is 10.5. The fraction of sp³-hybridized carbons (Fsp3) is 0.409. The van der Waals surface area contributed by atoms with E-state index in [0.29, 0.717) is 26.2 Å². The maximum Gasteiger partial charge on any atom is 0.264 e. The molecule has 0 spiro atoms. The first-order valence-electron chi connectivity index (χ1n) is 10.2. The third-order valence-corrected chi connectivity index (χ3v) is 8.37. The normalized spacial score (nSPS) is 18.6. The van der Waals surface area contributed by atoms with Gasteiger partial charge in [0.15, 0.2) is 0 Å². The van der Waals surface area contributed by atoms with Gasteiger partial charge in [0, 0.05) is 36.5 Å². The molecule has 0 N–H and O–H groups in total. The SMILES string of the molecule is O=C(c1cc2c(s1)CCCCC2)N1CCN(S(=O)(=O)/C=C/c2ccccc2)CC1. The summed E-state index contributed by atoms with van der Waals surface area (Å²) >= 11 is 1.63. The summed E-state index contributed by atoms with van der Waals surface area (Å²) in [5, 5.41) is 1.26. The largest absolute Gasteiger partial charge is 0.335 e. The molecular weight excluding hydrogens is 404 g/mol. The average molecular weight is 431 g/mol. The molecule has 7 heteroatoms. The predicted octanol–water partition coefficient (Wildman–Crippen LogP) is 3.78. The molecule has 154 valence electrons. The van der Waals surface area contributed by atoms with E-state index < -0.39 is 10.0 Å². The quantitative estimate of drug-likeness (QED) is 0.694. The molecular formula is C22H26N2O3S2. The van der Waals surface area contributed by atoms with Crippen LogP contribution in [0.3, 0.4) is 0 Å². The summed E-state index contributed by atoms with van der Waals surface area (Å²) in [6.07, 6.45) is 7.43. The summed E-state index contributed by atoms with van der Waals surface area (Å²) in [5.74, 6) is 0.0416. The van der Waals surface area contributed by atoms with Crippen LogP contribution in [-0.4, -0.2) is 49.7 Å². The fourth-order valence-electron chi connectivity index (χ4n) is 3.89. The molecule has 1 saturated heterocycles. The molecule has 4 rings (SSSR count). The van der Waals surface area contributed by atoms with Gasteiger partial charge in [-0.1, -0.05) is 36.8 Å².